The highest BCUT2D eigenvalue weighted by molar-refractivity contribution is 6.32. The maximum Gasteiger partial charge on any atom is 0.258 e. The Morgan fingerprint density at radius 1 is 1.12 bits per heavy atom. The van der Waals surface area contributed by atoms with Crippen LogP contribution in [-0.2, 0) is 6.54 Å². The first kappa shape index (κ1) is 16.9. The van der Waals surface area contributed by atoms with E-state index in [0.29, 0.717) is 22.9 Å². The summed E-state index contributed by atoms with van der Waals surface area (Å²) in [6.45, 7) is 0.568. The molecular formula is C18H16ClN5O. The van der Waals surface area contributed by atoms with Crippen LogP contribution in [0, 0.1) is 0 Å². The molecule has 0 fully saturated rings. The molecule has 0 radical (unpaired) electrons. The topological polar surface area (TPSA) is 71.0 Å². The smallest absolute Gasteiger partial charge is 0.258 e. The predicted molar refractivity (Wildman–Crippen MR) is 97.8 cm³/mol. The van der Waals surface area contributed by atoms with Crippen LogP contribution in [-0.4, -0.2) is 27.9 Å². The van der Waals surface area contributed by atoms with Crippen molar-refractivity contribution in [3.8, 4) is 0 Å². The monoisotopic (exact) mass is 353 g/mol. The van der Waals surface area contributed by atoms with Gasteiger partial charge in [-0.15, -0.1) is 0 Å². The molecule has 0 atom stereocenters. The number of nitrogens with one attached hydrogen (secondary N) is 1. The fourth-order valence-corrected chi connectivity index (χ4v) is 2.44. The fraction of sp³-hybridized carbons (Fsp3) is 0.111. The van der Waals surface area contributed by atoms with Gasteiger partial charge in [0.2, 0.25) is 0 Å². The van der Waals surface area contributed by atoms with E-state index in [1.807, 2.05) is 24.3 Å². The van der Waals surface area contributed by atoms with Gasteiger partial charge in [-0.3, -0.25) is 9.78 Å². The third-order valence-electron chi connectivity index (χ3n) is 3.68. The van der Waals surface area contributed by atoms with Crippen molar-refractivity contribution in [2.24, 2.45) is 0 Å². The molecule has 3 rings (SSSR count). The number of carbonyl (C=O) groups excluding carboxylic acids is 1. The number of halogens is 1. The Balaban J connectivity index is 1.66. The van der Waals surface area contributed by atoms with E-state index in [1.54, 1.807) is 42.7 Å². The van der Waals surface area contributed by atoms with Gasteiger partial charge in [-0.25, -0.2) is 9.97 Å². The van der Waals surface area contributed by atoms with E-state index >= 15 is 0 Å². The number of carbonyl (C=O) groups is 1. The first-order chi connectivity index (χ1) is 12.1. The molecular weight excluding hydrogens is 338 g/mol. The SMILES string of the molecule is CN(C(=O)c1ccncc1)c1ccc(CNc2ncncc2Cl)cc1. The zero-order chi connectivity index (χ0) is 17.6. The van der Waals surface area contributed by atoms with Gasteiger partial charge in [-0.1, -0.05) is 23.7 Å². The second-order valence-electron chi connectivity index (χ2n) is 5.34. The van der Waals surface area contributed by atoms with Crippen molar-refractivity contribution in [1.82, 2.24) is 15.0 Å². The Morgan fingerprint density at radius 3 is 2.52 bits per heavy atom. The van der Waals surface area contributed by atoms with E-state index in [4.69, 9.17) is 11.6 Å². The molecule has 0 aliphatic heterocycles. The zero-order valence-corrected chi connectivity index (χ0v) is 14.3. The maximum atomic E-state index is 12.4. The van der Waals surface area contributed by atoms with Crippen LogP contribution in [0.4, 0.5) is 11.5 Å². The largest absolute Gasteiger partial charge is 0.365 e. The lowest BCUT2D eigenvalue weighted by Crippen LogP contribution is -2.26. The Hall–Kier alpha value is -2.99. The third-order valence-corrected chi connectivity index (χ3v) is 3.96. The molecule has 0 spiro atoms. The van der Waals surface area contributed by atoms with E-state index in [-0.39, 0.29) is 5.91 Å². The number of rotatable bonds is 5. The van der Waals surface area contributed by atoms with Crippen LogP contribution in [0.3, 0.4) is 0 Å². The van der Waals surface area contributed by atoms with Gasteiger partial charge in [0.15, 0.2) is 0 Å². The first-order valence-electron chi connectivity index (χ1n) is 7.61. The molecule has 126 valence electrons. The molecule has 0 saturated carbocycles. The van der Waals surface area contributed by atoms with Crippen molar-refractivity contribution in [3.63, 3.8) is 0 Å². The van der Waals surface area contributed by atoms with Crippen LogP contribution in [0.25, 0.3) is 0 Å². The number of aromatic nitrogens is 3. The summed E-state index contributed by atoms with van der Waals surface area (Å²) in [5.41, 5.74) is 2.45. The van der Waals surface area contributed by atoms with Gasteiger partial charge in [0, 0.05) is 37.2 Å². The normalized spacial score (nSPS) is 10.3. The average molecular weight is 354 g/mol. The van der Waals surface area contributed by atoms with Gasteiger partial charge in [0.05, 0.1) is 6.20 Å². The lowest BCUT2D eigenvalue weighted by molar-refractivity contribution is 0.0993. The van der Waals surface area contributed by atoms with Crippen molar-refractivity contribution in [2.45, 2.75) is 6.54 Å². The standard InChI is InChI=1S/C18H16ClN5O/c1-24(18(25)14-6-8-20-9-7-14)15-4-2-13(3-5-15)10-22-17-16(19)11-21-12-23-17/h2-9,11-12H,10H2,1H3,(H,21,22,23). The number of anilines is 2. The Labute approximate surface area is 150 Å². The molecule has 0 aliphatic carbocycles. The summed E-state index contributed by atoms with van der Waals surface area (Å²) in [6, 6.07) is 11.1. The Kier molecular flexibility index (Phi) is 5.20. The quantitative estimate of drug-likeness (QED) is 0.761. The molecule has 1 N–H and O–H groups in total. The summed E-state index contributed by atoms with van der Waals surface area (Å²) >= 11 is 6.01. The van der Waals surface area contributed by atoms with Gasteiger partial charge >= 0.3 is 0 Å². The van der Waals surface area contributed by atoms with Crippen LogP contribution >= 0.6 is 11.6 Å². The van der Waals surface area contributed by atoms with Gasteiger partial charge in [0.1, 0.15) is 17.2 Å². The first-order valence-corrected chi connectivity index (χ1v) is 7.99. The summed E-state index contributed by atoms with van der Waals surface area (Å²) in [6.07, 6.45) is 6.19. The van der Waals surface area contributed by atoms with E-state index < -0.39 is 0 Å². The average Bonchev–Trinajstić information content (AvgIpc) is 2.67. The Morgan fingerprint density at radius 2 is 1.84 bits per heavy atom. The lowest BCUT2D eigenvalue weighted by Gasteiger charge is -2.18. The third kappa shape index (κ3) is 4.10. The molecule has 1 amide bonds. The molecule has 0 aliphatic rings. The van der Waals surface area contributed by atoms with Gasteiger partial charge in [-0.2, -0.15) is 0 Å². The van der Waals surface area contributed by atoms with Crippen molar-refractivity contribution in [2.75, 3.05) is 17.3 Å². The Bertz CT molecular complexity index is 855. The second-order valence-corrected chi connectivity index (χ2v) is 5.75. The van der Waals surface area contributed by atoms with E-state index in [1.165, 1.54) is 6.33 Å². The fourth-order valence-electron chi connectivity index (χ4n) is 2.27. The van der Waals surface area contributed by atoms with Crippen molar-refractivity contribution < 1.29 is 4.79 Å². The minimum atomic E-state index is -0.0824. The van der Waals surface area contributed by atoms with Crippen LogP contribution in [0.15, 0.2) is 61.3 Å². The van der Waals surface area contributed by atoms with Crippen LogP contribution in [0.5, 0.6) is 0 Å². The molecule has 1 aromatic carbocycles. The second kappa shape index (κ2) is 7.72. The summed E-state index contributed by atoms with van der Waals surface area (Å²) < 4.78 is 0. The van der Waals surface area contributed by atoms with Gasteiger partial charge < -0.3 is 10.2 Å². The van der Waals surface area contributed by atoms with Crippen LogP contribution < -0.4 is 10.2 Å². The molecule has 25 heavy (non-hydrogen) atoms. The van der Waals surface area contributed by atoms with Crippen LogP contribution in [0.2, 0.25) is 5.02 Å². The number of hydrogen-bond donors (Lipinski definition) is 1. The summed E-state index contributed by atoms with van der Waals surface area (Å²) in [7, 11) is 1.75. The molecule has 0 bridgehead atoms. The number of benzene rings is 1. The zero-order valence-electron chi connectivity index (χ0n) is 13.6. The highest BCUT2D eigenvalue weighted by Gasteiger charge is 2.13. The number of hydrogen-bond acceptors (Lipinski definition) is 5. The number of nitrogens with zero attached hydrogens (tertiary/aromatic N) is 4. The van der Waals surface area contributed by atoms with Gasteiger partial charge in [-0.05, 0) is 29.8 Å². The molecule has 7 heteroatoms. The molecule has 2 heterocycles. The summed E-state index contributed by atoms with van der Waals surface area (Å²) in [5, 5.41) is 3.63. The minimum absolute atomic E-state index is 0.0824. The van der Waals surface area contributed by atoms with E-state index in [9.17, 15) is 4.79 Å². The van der Waals surface area contributed by atoms with E-state index in [2.05, 4.69) is 20.3 Å². The van der Waals surface area contributed by atoms with Crippen LogP contribution in [0.1, 0.15) is 15.9 Å². The van der Waals surface area contributed by atoms with Crippen molar-refractivity contribution in [1.29, 1.82) is 0 Å². The molecule has 0 unspecified atom stereocenters. The highest BCUT2D eigenvalue weighted by atomic mass is 35.5. The molecule has 2 aromatic heterocycles. The van der Waals surface area contributed by atoms with Crippen molar-refractivity contribution in [3.05, 3.63) is 77.5 Å². The number of pyridine rings is 1. The molecule has 3 aromatic rings. The highest BCUT2D eigenvalue weighted by Crippen LogP contribution is 2.19. The number of amides is 1. The molecule has 6 nitrogen and oxygen atoms in total. The lowest BCUT2D eigenvalue weighted by atomic mass is 10.1. The van der Waals surface area contributed by atoms with E-state index in [0.717, 1.165) is 11.3 Å². The summed E-state index contributed by atoms with van der Waals surface area (Å²) in [5.74, 6) is 0.506. The maximum absolute atomic E-state index is 12.4. The van der Waals surface area contributed by atoms with Gasteiger partial charge in [0.25, 0.3) is 5.91 Å². The predicted octanol–water partition coefficient (Wildman–Crippen LogP) is 3.41. The van der Waals surface area contributed by atoms with Crippen molar-refractivity contribution >= 4 is 29.0 Å². The molecule has 0 saturated heterocycles. The minimum Gasteiger partial charge on any atom is -0.365 e. The summed E-state index contributed by atoms with van der Waals surface area (Å²) in [4.78, 5) is 25.9.